The van der Waals surface area contributed by atoms with Gasteiger partial charge in [0.2, 0.25) is 0 Å². The van der Waals surface area contributed by atoms with Crippen LogP contribution in [0.2, 0.25) is 0 Å². The van der Waals surface area contributed by atoms with Crippen LogP contribution in [0.3, 0.4) is 0 Å². The summed E-state index contributed by atoms with van der Waals surface area (Å²) in [4.78, 5) is 3.06. The molecule has 1 aromatic heterocycles. The van der Waals surface area contributed by atoms with Gasteiger partial charge in [-0.2, -0.15) is 0 Å². The summed E-state index contributed by atoms with van der Waals surface area (Å²) in [7, 11) is -0.489. The summed E-state index contributed by atoms with van der Waals surface area (Å²) in [6, 6.07) is 6.87. The summed E-state index contributed by atoms with van der Waals surface area (Å²) >= 11 is 0. The van der Waals surface area contributed by atoms with Crippen LogP contribution < -0.4 is 5.59 Å². The number of nitrogens with one attached hydrogen (secondary N) is 1. The van der Waals surface area contributed by atoms with E-state index in [4.69, 9.17) is 9.31 Å². The second kappa shape index (κ2) is 3.84. The molecule has 0 atom stereocenters. The number of fused-ring (bicyclic) bond motifs is 1. The summed E-state index contributed by atoms with van der Waals surface area (Å²) in [6.45, 7) is 7.99. The van der Waals surface area contributed by atoms with E-state index in [1.807, 2.05) is 39.8 Å². The molecule has 0 radical (unpaired) electrons. The highest BCUT2D eigenvalue weighted by Crippen LogP contribution is 2.36. The molecule has 3 rings (SSSR count). The SMILES string of the molecule is CC1(C)OB(c2cc3cccc(F)c3[nH]2)OC1(C)C. The van der Waals surface area contributed by atoms with Crippen LogP contribution >= 0.6 is 0 Å². The maximum atomic E-state index is 13.7. The smallest absolute Gasteiger partial charge is 0.398 e. The van der Waals surface area contributed by atoms with Crippen LogP contribution in [0, 0.1) is 5.82 Å². The third-order valence-corrected chi connectivity index (χ3v) is 4.13. The van der Waals surface area contributed by atoms with Crippen LogP contribution in [-0.2, 0) is 9.31 Å². The lowest BCUT2D eigenvalue weighted by molar-refractivity contribution is 0.00578. The summed E-state index contributed by atoms with van der Waals surface area (Å²) in [5, 5.41) is 0.824. The zero-order valence-electron chi connectivity index (χ0n) is 11.6. The van der Waals surface area contributed by atoms with Crippen LogP contribution in [0.25, 0.3) is 10.9 Å². The molecule has 0 amide bonds. The van der Waals surface area contributed by atoms with E-state index in [2.05, 4.69) is 4.98 Å². The van der Waals surface area contributed by atoms with Crippen molar-refractivity contribution in [2.75, 3.05) is 0 Å². The maximum absolute atomic E-state index is 13.7. The van der Waals surface area contributed by atoms with E-state index in [9.17, 15) is 4.39 Å². The lowest BCUT2D eigenvalue weighted by Crippen LogP contribution is -2.41. The normalized spacial score (nSPS) is 21.2. The van der Waals surface area contributed by atoms with Gasteiger partial charge in [0.05, 0.1) is 16.7 Å². The number of rotatable bonds is 1. The number of hydrogen-bond donors (Lipinski definition) is 1. The molecular weight excluding hydrogens is 244 g/mol. The molecule has 1 aromatic carbocycles. The second-order valence-corrected chi connectivity index (χ2v) is 6.02. The quantitative estimate of drug-likeness (QED) is 0.800. The van der Waals surface area contributed by atoms with Gasteiger partial charge in [0.25, 0.3) is 0 Å². The summed E-state index contributed by atoms with van der Waals surface area (Å²) in [5.74, 6) is -0.264. The molecule has 2 aromatic rings. The van der Waals surface area contributed by atoms with E-state index in [1.165, 1.54) is 6.07 Å². The van der Waals surface area contributed by atoms with Gasteiger partial charge in [-0.25, -0.2) is 4.39 Å². The summed E-state index contributed by atoms with van der Waals surface area (Å²) in [6.07, 6.45) is 0. The average Bonchev–Trinajstić information content (AvgIpc) is 2.80. The molecule has 100 valence electrons. The molecule has 0 bridgehead atoms. The average molecular weight is 261 g/mol. The zero-order chi connectivity index (χ0) is 13.8. The first-order valence-electron chi connectivity index (χ1n) is 6.43. The van der Waals surface area contributed by atoms with Crippen LogP contribution in [0.1, 0.15) is 27.7 Å². The third kappa shape index (κ3) is 1.88. The maximum Gasteiger partial charge on any atom is 0.512 e. The molecule has 0 aliphatic carbocycles. The van der Waals surface area contributed by atoms with Gasteiger partial charge in [0.1, 0.15) is 5.82 Å². The van der Waals surface area contributed by atoms with Crippen molar-refractivity contribution in [2.24, 2.45) is 0 Å². The van der Waals surface area contributed by atoms with E-state index < -0.39 is 18.3 Å². The number of para-hydroxylation sites is 1. The van der Waals surface area contributed by atoms with Crippen LogP contribution in [0.4, 0.5) is 4.39 Å². The molecule has 3 nitrogen and oxygen atoms in total. The van der Waals surface area contributed by atoms with Gasteiger partial charge < -0.3 is 14.3 Å². The molecule has 19 heavy (non-hydrogen) atoms. The molecule has 1 N–H and O–H groups in total. The highest BCUT2D eigenvalue weighted by molar-refractivity contribution is 6.61. The summed E-state index contributed by atoms with van der Waals surface area (Å²) < 4.78 is 25.6. The number of benzene rings is 1. The van der Waals surface area contributed by atoms with Gasteiger partial charge in [-0.3, -0.25) is 0 Å². The lowest BCUT2D eigenvalue weighted by atomic mass is 9.85. The molecule has 0 spiro atoms. The first kappa shape index (κ1) is 12.7. The molecule has 1 aliphatic rings. The van der Waals surface area contributed by atoms with Gasteiger partial charge in [0, 0.05) is 11.0 Å². The lowest BCUT2D eigenvalue weighted by Gasteiger charge is -2.32. The number of halogens is 1. The summed E-state index contributed by atoms with van der Waals surface area (Å²) in [5.41, 5.74) is 0.451. The minimum absolute atomic E-state index is 0.264. The molecule has 1 fully saturated rings. The minimum Gasteiger partial charge on any atom is -0.398 e. The van der Waals surface area contributed by atoms with Crippen molar-refractivity contribution in [3.05, 3.63) is 30.1 Å². The van der Waals surface area contributed by atoms with Crippen molar-refractivity contribution >= 4 is 23.6 Å². The van der Waals surface area contributed by atoms with E-state index in [0.29, 0.717) is 5.52 Å². The number of aromatic amines is 1. The Kier molecular flexibility index (Phi) is 2.56. The Balaban J connectivity index is 2.01. The molecule has 0 saturated carbocycles. The van der Waals surface area contributed by atoms with Crippen molar-refractivity contribution < 1.29 is 13.7 Å². The van der Waals surface area contributed by atoms with Crippen molar-refractivity contribution in [1.82, 2.24) is 4.98 Å². The van der Waals surface area contributed by atoms with Gasteiger partial charge in [-0.15, -0.1) is 0 Å². The molecular formula is C14H17BFNO2. The predicted molar refractivity (Wildman–Crippen MR) is 74.0 cm³/mol. The Bertz CT molecular complexity index is 619. The van der Waals surface area contributed by atoms with Crippen molar-refractivity contribution in [2.45, 2.75) is 38.9 Å². The number of hydrogen-bond acceptors (Lipinski definition) is 2. The van der Waals surface area contributed by atoms with E-state index in [-0.39, 0.29) is 5.82 Å². The van der Waals surface area contributed by atoms with Gasteiger partial charge in [-0.05, 0) is 39.8 Å². The molecule has 1 aliphatic heterocycles. The fraction of sp³-hybridized carbons (Fsp3) is 0.429. The van der Waals surface area contributed by atoms with Crippen LogP contribution in [-0.4, -0.2) is 23.3 Å². The van der Waals surface area contributed by atoms with E-state index in [0.717, 1.165) is 11.0 Å². The Labute approximate surface area is 112 Å². The largest absolute Gasteiger partial charge is 0.512 e. The molecule has 2 heterocycles. The highest BCUT2D eigenvalue weighted by atomic mass is 19.1. The Morgan fingerprint density at radius 3 is 2.32 bits per heavy atom. The fourth-order valence-corrected chi connectivity index (χ4v) is 2.24. The highest BCUT2D eigenvalue weighted by Gasteiger charge is 2.52. The van der Waals surface area contributed by atoms with Gasteiger partial charge >= 0.3 is 7.12 Å². The topological polar surface area (TPSA) is 34.2 Å². The number of aromatic nitrogens is 1. The Hall–Kier alpha value is -1.33. The minimum atomic E-state index is -0.489. The van der Waals surface area contributed by atoms with Crippen molar-refractivity contribution in [3.63, 3.8) is 0 Å². The van der Waals surface area contributed by atoms with Crippen molar-refractivity contribution in [3.8, 4) is 0 Å². The van der Waals surface area contributed by atoms with Crippen LogP contribution in [0.5, 0.6) is 0 Å². The van der Waals surface area contributed by atoms with Gasteiger partial charge in [-0.1, -0.05) is 12.1 Å². The fourth-order valence-electron chi connectivity index (χ4n) is 2.24. The second-order valence-electron chi connectivity index (χ2n) is 6.02. The first-order chi connectivity index (χ1) is 8.80. The monoisotopic (exact) mass is 261 g/mol. The molecule has 1 saturated heterocycles. The Morgan fingerprint density at radius 1 is 1.11 bits per heavy atom. The first-order valence-corrected chi connectivity index (χ1v) is 6.43. The van der Waals surface area contributed by atoms with Crippen LogP contribution in [0.15, 0.2) is 24.3 Å². The third-order valence-electron chi connectivity index (χ3n) is 4.13. The van der Waals surface area contributed by atoms with E-state index >= 15 is 0 Å². The van der Waals surface area contributed by atoms with Gasteiger partial charge in [0.15, 0.2) is 0 Å². The van der Waals surface area contributed by atoms with E-state index in [1.54, 1.807) is 6.07 Å². The molecule has 5 heteroatoms. The predicted octanol–water partition coefficient (Wildman–Crippen LogP) is 2.61. The van der Waals surface area contributed by atoms with Crippen molar-refractivity contribution in [1.29, 1.82) is 0 Å². The number of H-pyrrole nitrogens is 1. The standard InChI is InChI=1S/C14H17BFNO2/c1-13(2)14(3,4)19-15(18-13)11-8-9-6-5-7-10(16)12(9)17-11/h5-8,17H,1-4H3. The Morgan fingerprint density at radius 2 is 1.74 bits per heavy atom. The zero-order valence-corrected chi connectivity index (χ0v) is 11.6. The molecule has 0 unspecified atom stereocenters.